The molecule has 0 atom stereocenters. The first-order valence-corrected chi connectivity index (χ1v) is 10.3. The fourth-order valence-corrected chi connectivity index (χ4v) is 3.89. The lowest BCUT2D eigenvalue weighted by Gasteiger charge is -2.19. The lowest BCUT2D eigenvalue weighted by Crippen LogP contribution is -2.22. The van der Waals surface area contributed by atoms with Crippen molar-refractivity contribution in [1.29, 1.82) is 0 Å². The number of hydrogen-bond acceptors (Lipinski definition) is 2. The van der Waals surface area contributed by atoms with Crippen molar-refractivity contribution < 1.29 is 4.74 Å². The van der Waals surface area contributed by atoms with Gasteiger partial charge in [0, 0.05) is 11.1 Å². The molecule has 0 fully saturated rings. The summed E-state index contributed by atoms with van der Waals surface area (Å²) in [6.07, 6.45) is 0. The average molecular weight is 403 g/mol. The third kappa shape index (κ3) is 3.62. The highest BCUT2D eigenvalue weighted by atomic mass is 16.5. The van der Waals surface area contributed by atoms with E-state index in [9.17, 15) is 4.79 Å². The summed E-state index contributed by atoms with van der Waals surface area (Å²) in [5, 5.41) is 0.903. The molecule has 0 unspecified atom stereocenters. The first-order valence-electron chi connectivity index (χ1n) is 10.3. The van der Waals surface area contributed by atoms with Crippen LogP contribution in [0.4, 0.5) is 0 Å². The summed E-state index contributed by atoms with van der Waals surface area (Å²) in [6, 6.07) is 37.4. The molecule has 3 heteroatoms. The highest BCUT2D eigenvalue weighted by molar-refractivity contribution is 5.93. The third-order valence-corrected chi connectivity index (χ3v) is 5.34. The van der Waals surface area contributed by atoms with Crippen LogP contribution in [0.5, 0.6) is 5.75 Å². The Morgan fingerprint density at radius 3 is 1.94 bits per heavy atom. The Labute approximate surface area is 180 Å². The highest BCUT2D eigenvalue weighted by Crippen LogP contribution is 2.35. The first kappa shape index (κ1) is 18.9. The van der Waals surface area contributed by atoms with Crippen LogP contribution in [0.3, 0.4) is 0 Å². The number of pyridine rings is 1. The number of fused-ring (bicyclic) bond motifs is 1. The van der Waals surface area contributed by atoms with Crippen LogP contribution in [-0.4, -0.2) is 4.57 Å². The van der Waals surface area contributed by atoms with Crippen molar-refractivity contribution in [1.82, 2.24) is 4.57 Å². The molecule has 5 rings (SSSR count). The second kappa shape index (κ2) is 8.33. The van der Waals surface area contributed by atoms with Crippen LogP contribution < -0.4 is 10.3 Å². The molecule has 0 bridgehead atoms. The van der Waals surface area contributed by atoms with Gasteiger partial charge in [0.15, 0.2) is 0 Å². The molecule has 0 amide bonds. The quantitative estimate of drug-likeness (QED) is 0.348. The number of aromatic nitrogens is 1. The maximum atomic E-state index is 13.9. The SMILES string of the molecule is O=c1c(-c2ccccc2)c(OCc2ccccc2)c2ccccc2n1-c1ccccc1. The molecule has 0 aliphatic heterocycles. The van der Waals surface area contributed by atoms with Crippen molar-refractivity contribution in [2.24, 2.45) is 0 Å². The van der Waals surface area contributed by atoms with Gasteiger partial charge >= 0.3 is 0 Å². The number of benzene rings is 4. The molecule has 0 aliphatic carbocycles. The zero-order chi connectivity index (χ0) is 21.0. The van der Waals surface area contributed by atoms with Gasteiger partial charge < -0.3 is 4.74 Å². The predicted molar refractivity (Wildman–Crippen MR) is 126 cm³/mol. The second-order valence-corrected chi connectivity index (χ2v) is 7.34. The number of rotatable bonds is 5. The van der Waals surface area contributed by atoms with Crippen molar-refractivity contribution in [3.8, 4) is 22.6 Å². The van der Waals surface area contributed by atoms with E-state index in [1.807, 2.05) is 115 Å². The van der Waals surface area contributed by atoms with Gasteiger partial charge in [-0.15, -0.1) is 0 Å². The summed E-state index contributed by atoms with van der Waals surface area (Å²) in [6.45, 7) is 0.388. The maximum Gasteiger partial charge on any atom is 0.267 e. The van der Waals surface area contributed by atoms with Crippen LogP contribution in [0.15, 0.2) is 120 Å². The van der Waals surface area contributed by atoms with E-state index >= 15 is 0 Å². The molecule has 0 aliphatic rings. The van der Waals surface area contributed by atoms with Gasteiger partial charge in [0.05, 0.1) is 11.1 Å². The van der Waals surface area contributed by atoms with Crippen LogP contribution in [-0.2, 0) is 6.61 Å². The van der Waals surface area contributed by atoms with E-state index in [0.29, 0.717) is 17.9 Å². The van der Waals surface area contributed by atoms with Gasteiger partial charge in [-0.1, -0.05) is 91.0 Å². The van der Waals surface area contributed by atoms with Crippen molar-refractivity contribution in [2.75, 3.05) is 0 Å². The Hall–Kier alpha value is -4.11. The Kier molecular flexibility index (Phi) is 5.07. The average Bonchev–Trinajstić information content (AvgIpc) is 2.84. The Balaban J connectivity index is 1.80. The molecule has 31 heavy (non-hydrogen) atoms. The number of para-hydroxylation sites is 2. The van der Waals surface area contributed by atoms with Crippen LogP contribution in [0.1, 0.15) is 5.56 Å². The molecule has 0 N–H and O–H groups in total. The lowest BCUT2D eigenvalue weighted by atomic mass is 10.0. The van der Waals surface area contributed by atoms with Crippen LogP contribution in [0, 0.1) is 0 Å². The van der Waals surface area contributed by atoms with Crippen LogP contribution in [0.25, 0.3) is 27.7 Å². The smallest absolute Gasteiger partial charge is 0.267 e. The normalized spacial score (nSPS) is 10.8. The van der Waals surface area contributed by atoms with E-state index < -0.39 is 0 Å². The maximum absolute atomic E-state index is 13.9. The lowest BCUT2D eigenvalue weighted by molar-refractivity contribution is 0.310. The number of hydrogen-bond donors (Lipinski definition) is 0. The molecule has 1 heterocycles. The molecule has 3 nitrogen and oxygen atoms in total. The first-order chi connectivity index (χ1) is 15.3. The van der Waals surface area contributed by atoms with E-state index in [1.165, 1.54) is 0 Å². The van der Waals surface area contributed by atoms with Crippen molar-refractivity contribution in [3.05, 3.63) is 131 Å². The van der Waals surface area contributed by atoms with E-state index in [-0.39, 0.29) is 5.56 Å². The molecule has 0 radical (unpaired) electrons. The Morgan fingerprint density at radius 2 is 1.23 bits per heavy atom. The Morgan fingerprint density at radius 1 is 0.645 bits per heavy atom. The van der Waals surface area contributed by atoms with Gasteiger partial charge in [-0.3, -0.25) is 9.36 Å². The highest BCUT2D eigenvalue weighted by Gasteiger charge is 2.20. The Bertz CT molecular complexity index is 1380. The van der Waals surface area contributed by atoms with E-state index in [1.54, 1.807) is 4.57 Å². The standard InChI is InChI=1S/C28H21NO2/c30-28-26(22-14-6-2-7-15-22)27(31-20-21-12-4-1-5-13-21)24-18-10-11-19-25(24)29(28)23-16-8-3-9-17-23/h1-19H,20H2. The van der Waals surface area contributed by atoms with Crippen LogP contribution >= 0.6 is 0 Å². The molecule has 0 saturated heterocycles. The minimum absolute atomic E-state index is 0.0980. The van der Waals surface area contributed by atoms with E-state index in [2.05, 4.69) is 0 Å². The molecular formula is C28H21NO2. The molecule has 150 valence electrons. The largest absolute Gasteiger partial charge is 0.487 e. The summed E-state index contributed by atoms with van der Waals surface area (Å²) >= 11 is 0. The zero-order valence-corrected chi connectivity index (χ0v) is 16.9. The molecule has 0 saturated carbocycles. The van der Waals surface area contributed by atoms with E-state index in [4.69, 9.17) is 4.74 Å². The summed E-state index contributed by atoms with van der Waals surface area (Å²) in [5.74, 6) is 0.614. The summed E-state index contributed by atoms with van der Waals surface area (Å²) in [7, 11) is 0. The third-order valence-electron chi connectivity index (χ3n) is 5.34. The molecule has 0 spiro atoms. The van der Waals surface area contributed by atoms with Gasteiger partial charge in [-0.25, -0.2) is 0 Å². The predicted octanol–water partition coefficient (Wildman–Crippen LogP) is 6.24. The van der Waals surface area contributed by atoms with Gasteiger partial charge in [-0.05, 0) is 35.4 Å². The van der Waals surface area contributed by atoms with Crippen LogP contribution in [0.2, 0.25) is 0 Å². The minimum Gasteiger partial charge on any atom is -0.487 e. The molecule has 1 aromatic heterocycles. The number of nitrogens with zero attached hydrogens (tertiary/aromatic N) is 1. The van der Waals surface area contributed by atoms with E-state index in [0.717, 1.165) is 27.7 Å². The zero-order valence-electron chi connectivity index (χ0n) is 16.9. The number of ether oxygens (including phenoxy) is 1. The fraction of sp³-hybridized carbons (Fsp3) is 0.0357. The van der Waals surface area contributed by atoms with Crippen molar-refractivity contribution in [3.63, 3.8) is 0 Å². The fourth-order valence-electron chi connectivity index (χ4n) is 3.89. The topological polar surface area (TPSA) is 31.2 Å². The van der Waals surface area contributed by atoms with Gasteiger partial charge in [0.2, 0.25) is 0 Å². The summed E-state index contributed by atoms with van der Waals surface area (Å²) in [5.41, 5.74) is 4.01. The van der Waals surface area contributed by atoms with Gasteiger partial charge in [-0.2, -0.15) is 0 Å². The summed E-state index contributed by atoms with van der Waals surface area (Å²) in [4.78, 5) is 13.9. The minimum atomic E-state index is -0.0980. The van der Waals surface area contributed by atoms with Gasteiger partial charge in [0.1, 0.15) is 12.4 Å². The molecule has 4 aromatic carbocycles. The van der Waals surface area contributed by atoms with Crippen molar-refractivity contribution >= 4 is 10.9 Å². The molecular weight excluding hydrogens is 382 g/mol. The second-order valence-electron chi connectivity index (χ2n) is 7.34. The molecule has 5 aromatic rings. The monoisotopic (exact) mass is 403 g/mol. The van der Waals surface area contributed by atoms with Crippen molar-refractivity contribution in [2.45, 2.75) is 6.61 Å². The summed E-state index contributed by atoms with van der Waals surface area (Å²) < 4.78 is 8.12. The van der Waals surface area contributed by atoms with Gasteiger partial charge in [0.25, 0.3) is 5.56 Å².